The SMILES string of the molecule is Cc1cc(C(=O)N(C)C2CNC2)c(C)o1.Cl. The van der Waals surface area contributed by atoms with E-state index in [0.29, 0.717) is 17.4 Å². The summed E-state index contributed by atoms with van der Waals surface area (Å²) in [6, 6.07) is 2.13. The average molecular weight is 245 g/mol. The van der Waals surface area contributed by atoms with E-state index >= 15 is 0 Å². The summed E-state index contributed by atoms with van der Waals surface area (Å²) in [5, 5.41) is 3.15. The number of carbonyl (C=O) groups excluding carboxylic acids is 1. The van der Waals surface area contributed by atoms with E-state index in [0.717, 1.165) is 18.8 Å². The van der Waals surface area contributed by atoms with E-state index in [1.54, 1.807) is 11.0 Å². The van der Waals surface area contributed by atoms with Gasteiger partial charge in [-0.1, -0.05) is 0 Å². The second-order valence-electron chi connectivity index (χ2n) is 4.06. The molecule has 2 heterocycles. The number of carbonyl (C=O) groups is 1. The summed E-state index contributed by atoms with van der Waals surface area (Å²) in [5.41, 5.74) is 0.682. The van der Waals surface area contributed by atoms with Gasteiger partial charge in [-0.05, 0) is 19.9 Å². The van der Waals surface area contributed by atoms with Gasteiger partial charge in [-0.15, -0.1) is 12.4 Å². The predicted molar refractivity (Wildman–Crippen MR) is 64.2 cm³/mol. The van der Waals surface area contributed by atoms with E-state index in [1.165, 1.54) is 0 Å². The number of furan rings is 1. The summed E-state index contributed by atoms with van der Waals surface area (Å²) in [6.45, 7) is 5.46. The van der Waals surface area contributed by atoms with Crippen LogP contribution in [0.4, 0.5) is 0 Å². The van der Waals surface area contributed by atoms with Crippen LogP contribution < -0.4 is 5.32 Å². The predicted octanol–water partition coefficient (Wildman–Crippen LogP) is 1.36. The zero-order valence-corrected chi connectivity index (χ0v) is 10.6. The molecule has 2 rings (SSSR count). The van der Waals surface area contributed by atoms with Gasteiger partial charge in [0.05, 0.1) is 11.6 Å². The highest BCUT2D eigenvalue weighted by Gasteiger charge is 2.27. The Hall–Kier alpha value is -1.000. The third-order valence-electron chi connectivity index (χ3n) is 2.90. The largest absolute Gasteiger partial charge is 0.466 e. The van der Waals surface area contributed by atoms with Crippen LogP contribution in [0.3, 0.4) is 0 Å². The average Bonchev–Trinajstić information content (AvgIpc) is 2.41. The third-order valence-corrected chi connectivity index (χ3v) is 2.90. The Kier molecular flexibility index (Phi) is 3.99. The fourth-order valence-corrected chi connectivity index (χ4v) is 1.75. The minimum Gasteiger partial charge on any atom is -0.466 e. The Balaban J connectivity index is 0.00000128. The Labute approximate surface area is 101 Å². The minimum atomic E-state index is 0. The lowest BCUT2D eigenvalue weighted by molar-refractivity contribution is 0.0679. The zero-order chi connectivity index (χ0) is 11.0. The molecule has 0 bridgehead atoms. The van der Waals surface area contributed by atoms with Crippen molar-refractivity contribution in [2.45, 2.75) is 19.9 Å². The highest BCUT2D eigenvalue weighted by molar-refractivity contribution is 5.95. The molecule has 1 aromatic heterocycles. The Bertz CT molecular complexity index is 385. The van der Waals surface area contributed by atoms with Gasteiger partial charge in [0.15, 0.2) is 0 Å². The van der Waals surface area contributed by atoms with Gasteiger partial charge in [0.25, 0.3) is 5.91 Å². The fourth-order valence-electron chi connectivity index (χ4n) is 1.75. The molecule has 1 amide bonds. The highest BCUT2D eigenvalue weighted by Crippen LogP contribution is 2.17. The van der Waals surface area contributed by atoms with Gasteiger partial charge in [-0.25, -0.2) is 0 Å². The Morgan fingerprint density at radius 3 is 2.50 bits per heavy atom. The summed E-state index contributed by atoms with van der Waals surface area (Å²) in [5.74, 6) is 1.54. The number of aryl methyl sites for hydroxylation is 2. The van der Waals surface area contributed by atoms with Crippen molar-refractivity contribution >= 4 is 18.3 Å². The van der Waals surface area contributed by atoms with Crippen molar-refractivity contribution in [1.29, 1.82) is 0 Å². The first kappa shape index (κ1) is 13.1. The lowest BCUT2D eigenvalue weighted by Crippen LogP contribution is -2.57. The Morgan fingerprint density at radius 1 is 1.50 bits per heavy atom. The van der Waals surface area contributed by atoms with Crippen molar-refractivity contribution in [2.75, 3.05) is 20.1 Å². The van der Waals surface area contributed by atoms with Gasteiger partial charge in [0, 0.05) is 20.1 Å². The van der Waals surface area contributed by atoms with Gasteiger partial charge < -0.3 is 14.6 Å². The molecule has 0 radical (unpaired) electrons. The quantitative estimate of drug-likeness (QED) is 0.855. The molecule has 1 aromatic rings. The second kappa shape index (κ2) is 4.89. The Morgan fingerprint density at radius 2 is 2.12 bits per heavy atom. The molecule has 90 valence electrons. The smallest absolute Gasteiger partial charge is 0.257 e. The van der Waals surface area contributed by atoms with Crippen LogP contribution in [0.1, 0.15) is 21.9 Å². The standard InChI is InChI=1S/C11H16N2O2.ClH/c1-7-4-10(8(2)15-7)11(14)13(3)9-5-12-6-9;/h4,9,12H,5-6H2,1-3H3;1H. The molecule has 4 nitrogen and oxygen atoms in total. The van der Waals surface area contributed by atoms with Gasteiger partial charge >= 0.3 is 0 Å². The van der Waals surface area contributed by atoms with Crippen molar-refractivity contribution in [2.24, 2.45) is 0 Å². The van der Waals surface area contributed by atoms with Gasteiger partial charge in [-0.3, -0.25) is 4.79 Å². The van der Waals surface area contributed by atoms with Crippen LogP contribution >= 0.6 is 12.4 Å². The molecule has 0 spiro atoms. The van der Waals surface area contributed by atoms with E-state index in [2.05, 4.69) is 5.32 Å². The molecule has 1 aliphatic heterocycles. The number of likely N-dealkylation sites (N-methyl/N-ethyl adjacent to an activating group) is 1. The molecule has 0 unspecified atom stereocenters. The van der Waals surface area contributed by atoms with E-state index in [4.69, 9.17) is 4.42 Å². The normalized spacial score (nSPS) is 15.2. The minimum absolute atomic E-state index is 0. The topological polar surface area (TPSA) is 45.5 Å². The van der Waals surface area contributed by atoms with Crippen molar-refractivity contribution in [3.63, 3.8) is 0 Å². The van der Waals surface area contributed by atoms with E-state index in [9.17, 15) is 4.79 Å². The number of rotatable bonds is 2. The summed E-state index contributed by atoms with van der Waals surface area (Å²) in [4.78, 5) is 13.8. The molecule has 1 saturated heterocycles. The molecule has 0 atom stereocenters. The van der Waals surface area contributed by atoms with Crippen molar-refractivity contribution < 1.29 is 9.21 Å². The van der Waals surface area contributed by atoms with E-state index in [-0.39, 0.29) is 18.3 Å². The van der Waals surface area contributed by atoms with Crippen molar-refractivity contribution in [1.82, 2.24) is 10.2 Å². The van der Waals surface area contributed by atoms with Crippen molar-refractivity contribution in [3.05, 3.63) is 23.2 Å². The maximum Gasteiger partial charge on any atom is 0.257 e. The second-order valence-corrected chi connectivity index (χ2v) is 4.06. The highest BCUT2D eigenvalue weighted by atomic mass is 35.5. The molecule has 16 heavy (non-hydrogen) atoms. The number of nitrogens with one attached hydrogen (secondary N) is 1. The maximum atomic E-state index is 12.1. The van der Waals surface area contributed by atoms with Crippen LogP contribution in [0.25, 0.3) is 0 Å². The molecule has 1 fully saturated rings. The third kappa shape index (κ3) is 2.23. The monoisotopic (exact) mass is 244 g/mol. The van der Waals surface area contributed by atoms with Crippen molar-refractivity contribution in [3.8, 4) is 0 Å². The van der Waals surface area contributed by atoms with Gasteiger partial charge in [0.1, 0.15) is 11.5 Å². The van der Waals surface area contributed by atoms with E-state index < -0.39 is 0 Å². The molecule has 5 heteroatoms. The van der Waals surface area contributed by atoms with Crippen LogP contribution in [0.2, 0.25) is 0 Å². The first-order valence-corrected chi connectivity index (χ1v) is 5.14. The molecule has 1 N–H and O–H groups in total. The molecular formula is C11H17ClN2O2. The van der Waals surface area contributed by atoms with E-state index in [1.807, 2.05) is 20.9 Å². The van der Waals surface area contributed by atoms with Crippen LogP contribution in [0.5, 0.6) is 0 Å². The summed E-state index contributed by atoms with van der Waals surface area (Å²) < 4.78 is 5.35. The van der Waals surface area contributed by atoms with Crippen LogP contribution in [-0.2, 0) is 0 Å². The molecule has 0 saturated carbocycles. The van der Waals surface area contributed by atoms with Gasteiger partial charge in [-0.2, -0.15) is 0 Å². The molecule has 0 aliphatic carbocycles. The fraction of sp³-hybridized carbons (Fsp3) is 0.545. The maximum absolute atomic E-state index is 12.1. The van der Waals surface area contributed by atoms with Crippen LogP contribution in [0, 0.1) is 13.8 Å². The lowest BCUT2D eigenvalue weighted by Gasteiger charge is -2.35. The number of hydrogen-bond acceptors (Lipinski definition) is 3. The van der Waals surface area contributed by atoms with Gasteiger partial charge in [0.2, 0.25) is 0 Å². The summed E-state index contributed by atoms with van der Waals surface area (Å²) in [7, 11) is 1.84. The molecule has 0 aromatic carbocycles. The molecular weight excluding hydrogens is 228 g/mol. The van der Waals surface area contributed by atoms with Crippen LogP contribution in [0.15, 0.2) is 10.5 Å². The summed E-state index contributed by atoms with van der Waals surface area (Å²) >= 11 is 0. The van der Waals surface area contributed by atoms with Crippen LogP contribution in [-0.4, -0.2) is 37.0 Å². The first-order valence-electron chi connectivity index (χ1n) is 5.14. The molecule has 1 aliphatic rings. The number of halogens is 1. The number of amides is 1. The first-order chi connectivity index (χ1) is 7.09. The number of hydrogen-bond donors (Lipinski definition) is 1. The summed E-state index contributed by atoms with van der Waals surface area (Å²) in [6.07, 6.45) is 0. The lowest BCUT2D eigenvalue weighted by atomic mass is 10.1. The zero-order valence-electron chi connectivity index (χ0n) is 9.74. The number of nitrogens with zero attached hydrogens (tertiary/aromatic N) is 1.